The molecular weight excluding hydrogens is 511 g/mol. The Labute approximate surface area is 202 Å². The molecule has 0 heterocycles. The molecule has 162 valence electrons. The lowest BCUT2D eigenvalue weighted by Crippen LogP contribution is -2.05. The summed E-state index contributed by atoms with van der Waals surface area (Å²) in [5.41, 5.74) is 8.98. The minimum absolute atomic E-state index is 0.224. The lowest BCUT2D eigenvalue weighted by Gasteiger charge is -2.25. The summed E-state index contributed by atoms with van der Waals surface area (Å²) in [6.07, 6.45) is 1.77. The molecule has 32 heavy (non-hydrogen) atoms. The third-order valence-corrected chi connectivity index (χ3v) is 7.02. The molecular formula is C28H25IO3. The van der Waals surface area contributed by atoms with Crippen LogP contribution < -0.4 is 0 Å². The lowest BCUT2D eigenvalue weighted by atomic mass is 9.81. The molecule has 3 N–H and O–H groups in total. The summed E-state index contributed by atoms with van der Waals surface area (Å²) < 4.78 is 1.19. The van der Waals surface area contributed by atoms with Crippen LogP contribution in [0.25, 0.3) is 33.4 Å². The van der Waals surface area contributed by atoms with E-state index in [1.54, 1.807) is 36.4 Å². The summed E-state index contributed by atoms with van der Waals surface area (Å²) in [6, 6.07) is 22.0. The van der Waals surface area contributed by atoms with E-state index in [0.717, 1.165) is 46.2 Å². The van der Waals surface area contributed by atoms with Crippen LogP contribution in [-0.2, 0) is 12.8 Å². The van der Waals surface area contributed by atoms with E-state index in [4.69, 9.17) is 0 Å². The number of halogens is 1. The van der Waals surface area contributed by atoms with Crippen LogP contribution in [0.4, 0.5) is 0 Å². The van der Waals surface area contributed by atoms with Crippen molar-refractivity contribution in [1.29, 1.82) is 0 Å². The van der Waals surface area contributed by atoms with Crippen molar-refractivity contribution in [2.45, 2.75) is 26.7 Å². The Morgan fingerprint density at radius 3 is 1.22 bits per heavy atom. The zero-order valence-corrected chi connectivity index (χ0v) is 20.2. The Bertz CT molecular complexity index is 1240. The summed E-state index contributed by atoms with van der Waals surface area (Å²) in [7, 11) is 0. The van der Waals surface area contributed by atoms with Gasteiger partial charge in [-0.05, 0) is 111 Å². The van der Waals surface area contributed by atoms with Crippen LogP contribution in [0.1, 0.15) is 25.0 Å². The summed E-state index contributed by atoms with van der Waals surface area (Å²) >= 11 is 2.45. The molecule has 4 aromatic carbocycles. The van der Waals surface area contributed by atoms with Gasteiger partial charge in [-0.1, -0.05) is 50.2 Å². The Balaban J connectivity index is 2.19. The Kier molecular flexibility index (Phi) is 6.42. The molecule has 4 aromatic rings. The first-order valence-electron chi connectivity index (χ1n) is 10.7. The second-order valence-corrected chi connectivity index (χ2v) is 8.82. The first-order chi connectivity index (χ1) is 15.4. The molecule has 0 aliphatic carbocycles. The molecule has 0 saturated carbocycles. The Morgan fingerprint density at radius 2 is 0.844 bits per heavy atom. The van der Waals surface area contributed by atoms with E-state index in [1.165, 1.54) is 14.7 Å². The van der Waals surface area contributed by atoms with Gasteiger partial charge in [-0.3, -0.25) is 0 Å². The number of phenols is 3. The van der Waals surface area contributed by atoms with Gasteiger partial charge >= 0.3 is 0 Å². The van der Waals surface area contributed by atoms with Crippen molar-refractivity contribution in [3.05, 3.63) is 87.5 Å². The van der Waals surface area contributed by atoms with Gasteiger partial charge in [0.2, 0.25) is 0 Å². The van der Waals surface area contributed by atoms with Gasteiger partial charge in [-0.15, -0.1) is 0 Å². The van der Waals surface area contributed by atoms with Crippen LogP contribution in [0.5, 0.6) is 17.2 Å². The monoisotopic (exact) mass is 536 g/mol. The second kappa shape index (κ2) is 9.25. The van der Waals surface area contributed by atoms with E-state index in [-0.39, 0.29) is 17.2 Å². The topological polar surface area (TPSA) is 60.7 Å². The third kappa shape index (κ3) is 4.07. The van der Waals surface area contributed by atoms with Gasteiger partial charge in [0, 0.05) is 9.13 Å². The number of aromatic hydroxyl groups is 3. The van der Waals surface area contributed by atoms with Gasteiger partial charge in [0.15, 0.2) is 0 Å². The predicted octanol–water partition coefficient (Wildman–Crippen LogP) is 7.53. The molecule has 3 nitrogen and oxygen atoms in total. The van der Waals surface area contributed by atoms with Gasteiger partial charge in [0.25, 0.3) is 0 Å². The van der Waals surface area contributed by atoms with Gasteiger partial charge in [-0.25, -0.2) is 0 Å². The molecule has 0 aromatic heterocycles. The van der Waals surface area contributed by atoms with Crippen molar-refractivity contribution in [2.24, 2.45) is 0 Å². The predicted molar refractivity (Wildman–Crippen MR) is 139 cm³/mol. The summed E-state index contributed by atoms with van der Waals surface area (Å²) in [4.78, 5) is 0. The molecule has 4 rings (SSSR count). The fraction of sp³-hybridized carbons (Fsp3) is 0.143. The Hall–Kier alpha value is -2.99. The van der Waals surface area contributed by atoms with Gasteiger partial charge in [0.05, 0.1) is 0 Å². The van der Waals surface area contributed by atoms with Crippen molar-refractivity contribution in [3.8, 4) is 50.6 Å². The standard InChI is InChI=1S/C28H25IO3/c1-3-23-24(4-2)28(29)27(19-9-15-22(32)16-10-19)26(18-7-13-21(31)14-8-18)25(23)17-5-11-20(30)12-6-17/h5-16,30-32H,3-4H2,1-2H3. The van der Waals surface area contributed by atoms with Crippen LogP contribution in [0.2, 0.25) is 0 Å². The van der Waals surface area contributed by atoms with Crippen molar-refractivity contribution in [1.82, 2.24) is 0 Å². The van der Waals surface area contributed by atoms with Crippen molar-refractivity contribution < 1.29 is 15.3 Å². The highest BCUT2D eigenvalue weighted by Gasteiger charge is 2.24. The van der Waals surface area contributed by atoms with E-state index >= 15 is 0 Å². The highest BCUT2D eigenvalue weighted by molar-refractivity contribution is 14.1. The molecule has 0 aliphatic heterocycles. The molecule has 0 amide bonds. The fourth-order valence-corrected chi connectivity index (χ4v) is 5.63. The third-order valence-electron chi connectivity index (χ3n) is 5.83. The maximum absolute atomic E-state index is 9.92. The van der Waals surface area contributed by atoms with Crippen molar-refractivity contribution in [3.63, 3.8) is 0 Å². The molecule has 0 unspecified atom stereocenters. The van der Waals surface area contributed by atoms with E-state index in [1.807, 2.05) is 36.4 Å². The Morgan fingerprint density at radius 1 is 0.500 bits per heavy atom. The molecule has 0 aliphatic rings. The molecule has 0 saturated heterocycles. The fourth-order valence-electron chi connectivity index (χ4n) is 4.34. The quantitative estimate of drug-likeness (QED) is 0.231. The normalized spacial score (nSPS) is 11.0. The molecule has 0 fully saturated rings. The van der Waals surface area contributed by atoms with Crippen LogP contribution in [0, 0.1) is 3.57 Å². The van der Waals surface area contributed by atoms with Crippen LogP contribution >= 0.6 is 22.6 Å². The minimum atomic E-state index is 0.224. The number of hydrogen-bond donors (Lipinski definition) is 3. The maximum atomic E-state index is 9.92. The molecule has 4 heteroatoms. The van der Waals surface area contributed by atoms with Crippen LogP contribution in [-0.4, -0.2) is 15.3 Å². The molecule has 0 spiro atoms. The smallest absolute Gasteiger partial charge is 0.115 e. The lowest BCUT2D eigenvalue weighted by molar-refractivity contribution is 0.475. The highest BCUT2D eigenvalue weighted by Crippen LogP contribution is 2.47. The summed E-state index contributed by atoms with van der Waals surface area (Å²) in [6.45, 7) is 4.35. The van der Waals surface area contributed by atoms with Gasteiger partial charge < -0.3 is 15.3 Å². The first-order valence-corrected chi connectivity index (χ1v) is 11.8. The van der Waals surface area contributed by atoms with E-state index in [9.17, 15) is 15.3 Å². The van der Waals surface area contributed by atoms with Gasteiger partial charge in [0.1, 0.15) is 17.2 Å². The molecule has 0 radical (unpaired) electrons. The molecule has 0 atom stereocenters. The van der Waals surface area contributed by atoms with Crippen LogP contribution in [0.15, 0.2) is 72.8 Å². The minimum Gasteiger partial charge on any atom is -0.508 e. The van der Waals surface area contributed by atoms with Crippen molar-refractivity contribution >= 4 is 22.6 Å². The summed E-state index contributed by atoms with van der Waals surface area (Å²) in [5, 5.41) is 29.7. The van der Waals surface area contributed by atoms with Gasteiger partial charge in [-0.2, -0.15) is 0 Å². The van der Waals surface area contributed by atoms with E-state index < -0.39 is 0 Å². The zero-order chi connectivity index (χ0) is 22.8. The number of hydrogen-bond acceptors (Lipinski definition) is 3. The van der Waals surface area contributed by atoms with E-state index in [0.29, 0.717) is 0 Å². The van der Waals surface area contributed by atoms with Crippen LogP contribution in [0.3, 0.4) is 0 Å². The van der Waals surface area contributed by atoms with E-state index in [2.05, 4.69) is 36.4 Å². The second-order valence-electron chi connectivity index (χ2n) is 7.74. The number of phenolic OH excluding ortho intramolecular Hbond substituents is 3. The first kappa shape index (κ1) is 22.2. The highest BCUT2D eigenvalue weighted by atomic mass is 127. The number of benzene rings is 4. The summed E-state index contributed by atoms with van der Waals surface area (Å²) in [5.74, 6) is 0.689. The zero-order valence-electron chi connectivity index (χ0n) is 18.1. The average Bonchev–Trinajstić information content (AvgIpc) is 2.80. The van der Waals surface area contributed by atoms with Crippen molar-refractivity contribution in [2.75, 3.05) is 0 Å². The average molecular weight is 536 g/mol. The SMILES string of the molecule is CCc1c(I)c(-c2ccc(O)cc2)c(-c2ccc(O)cc2)c(-c2ccc(O)cc2)c1CC. The molecule has 0 bridgehead atoms. The maximum Gasteiger partial charge on any atom is 0.115 e. The number of rotatable bonds is 5. The largest absolute Gasteiger partial charge is 0.508 e.